The van der Waals surface area contributed by atoms with Crippen molar-refractivity contribution in [3.63, 3.8) is 0 Å². The van der Waals surface area contributed by atoms with E-state index in [1.165, 1.54) is 0 Å². The molecule has 0 bridgehead atoms. The number of nitrogens with zero attached hydrogens (tertiary/aromatic N) is 1. The lowest BCUT2D eigenvalue weighted by Gasteiger charge is -2.07. The lowest BCUT2D eigenvalue weighted by Crippen LogP contribution is -1.93. The minimum Gasteiger partial charge on any atom is -0.457 e. The first-order valence-electron chi connectivity index (χ1n) is 5.63. The summed E-state index contributed by atoms with van der Waals surface area (Å²) in [7, 11) is 0. The van der Waals surface area contributed by atoms with E-state index in [0.29, 0.717) is 34.2 Å². The van der Waals surface area contributed by atoms with Gasteiger partial charge in [0.25, 0.3) is 0 Å². The smallest absolute Gasteiger partial charge is 0.231 e. The molecule has 0 unspecified atom stereocenters. The summed E-state index contributed by atoms with van der Waals surface area (Å²) in [5.74, 6) is 2.50. The van der Waals surface area contributed by atoms with E-state index in [4.69, 9.17) is 25.2 Å². The summed E-state index contributed by atoms with van der Waals surface area (Å²) in [6, 6.07) is 12.3. The number of fused-ring (bicyclic) bond motifs is 1. The second kappa shape index (κ2) is 4.42. The maximum Gasteiger partial charge on any atom is 0.231 e. The third kappa shape index (κ3) is 2.11. The zero-order valence-corrected chi connectivity index (χ0v) is 9.92. The summed E-state index contributed by atoms with van der Waals surface area (Å²) in [4.78, 5) is 0. The predicted octanol–water partition coefficient (Wildman–Crippen LogP) is 2.66. The van der Waals surface area contributed by atoms with Gasteiger partial charge in [-0.05, 0) is 24.3 Å². The van der Waals surface area contributed by atoms with Gasteiger partial charge in [-0.25, -0.2) is 0 Å². The van der Waals surface area contributed by atoms with Crippen LogP contribution in [0.15, 0.2) is 36.4 Å². The highest BCUT2D eigenvalue weighted by Crippen LogP contribution is 2.36. The van der Waals surface area contributed by atoms with Crippen LogP contribution in [0.1, 0.15) is 5.56 Å². The number of nitrogen functional groups attached to an aromatic ring is 1. The van der Waals surface area contributed by atoms with E-state index in [2.05, 4.69) is 0 Å². The molecule has 0 fully saturated rings. The van der Waals surface area contributed by atoms with Crippen molar-refractivity contribution in [2.24, 2.45) is 0 Å². The molecule has 3 rings (SSSR count). The number of nitrogens with two attached hydrogens (primary N) is 1. The molecule has 0 aromatic heterocycles. The quantitative estimate of drug-likeness (QED) is 0.833. The average molecular weight is 254 g/mol. The molecule has 19 heavy (non-hydrogen) atoms. The lowest BCUT2D eigenvalue weighted by atomic mass is 10.2. The van der Waals surface area contributed by atoms with Crippen LogP contribution in [0.3, 0.4) is 0 Å². The summed E-state index contributed by atoms with van der Waals surface area (Å²) in [5, 5.41) is 8.91. The highest BCUT2D eigenvalue weighted by atomic mass is 16.7. The van der Waals surface area contributed by atoms with Crippen LogP contribution in [0.25, 0.3) is 0 Å². The van der Waals surface area contributed by atoms with Gasteiger partial charge in [0.15, 0.2) is 11.5 Å². The molecule has 0 atom stereocenters. The summed E-state index contributed by atoms with van der Waals surface area (Å²) in [5.41, 5.74) is 6.47. The number of hydrogen-bond acceptors (Lipinski definition) is 5. The minimum absolute atomic E-state index is 0.221. The van der Waals surface area contributed by atoms with Crippen LogP contribution < -0.4 is 19.9 Å². The summed E-state index contributed by atoms with van der Waals surface area (Å²) < 4.78 is 16.1. The molecule has 1 aliphatic heterocycles. The fourth-order valence-corrected chi connectivity index (χ4v) is 1.77. The summed E-state index contributed by atoms with van der Waals surface area (Å²) >= 11 is 0. The fraction of sp³-hybridized carbons (Fsp3) is 0.0714. The molecule has 0 aliphatic carbocycles. The largest absolute Gasteiger partial charge is 0.457 e. The van der Waals surface area contributed by atoms with Crippen LogP contribution in [-0.2, 0) is 0 Å². The van der Waals surface area contributed by atoms with Crippen LogP contribution in [-0.4, -0.2) is 6.79 Å². The Bertz CT molecular complexity index is 677. The molecule has 1 heterocycles. The normalized spacial score (nSPS) is 11.9. The molecule has 0 saturated carbocycles. The lowest BCUT2D eigenvalue weighted by molar-refractivity contribution is 0.174. The van der Waals surface area contributed by atoms with Gasteiger partial charge in [-0.15, -0.1) is 0 Å². The molecular weight excluding hydrogens is 244 g/mol. The van der Waals surface area contributed by atoms with Crippen molar-refractivity contribution >= 4 is 5.69 Å². The van der Waals surface area contributed by atoms with Crippen molar-refractivity contribution in [2.75, 3.05) is 12.5 Å². The van der Waals surface area contributed by atoms with E-state index >= 15 is 0 Å². The van der Waals surface area contributed by atoms with Gasteiger partial charge in [0.1, 0.15) is 17.6 Å². The molecule has 2 N–H and O–H groups in total. The van der Waals surface area contributed by atoms with E-state index in [9.17, 15) is 0 Å². The van der Waals surface area contributed by atoms with Crippen molar-refractivity contribution in [1.82, 2.24) is 0 Å². The molecule has 2 aromatic rings. The molecule has 94 valence electrons. The van der Waals surface area contributed by atoms with Crippen LogP contribution >= 0.6 is 0 Å². The number of rotatable bonds is 2. The summed E-state index contributed by atoms with van der Waals surface area (Å²) in [6.45, 7) is 0.221. The van der Waals surface area contributed by atoms with Crippen molar-refractivity contribution < 1.29 is 14.2 Å². The van der Waals surface area contributed by atoms with Crippen LogP contribution in [0.2, 0.25) is 0 Å². The van der Waals surface area contributed by atoms with E-state index in [1.807, 2.05) is 6.07 Å². The Labute approximate surface area is 109 Å². The SMILES string of the molecule is N#Cc1cc(Oc2ccc3c(c2)OCO3)ccc1N. The average Bonchev–Trinajstić information content (AvgIpc) is 2.88. The standard InChI is InChI=1S/C14H10N2O3/c15-7-9-5-10(1-3-12(9)16)19-11-2-4-13-14(6-11)18-8-17-13/h1-6H,8,16H2. The van der Waals surface area contributed by atoms with E-state index in [1.54, 1.807) is 36.4 Å². The van der Waals surface area contributed by atoms with Gasteiger partial charge in [0.05, 0.1) is 5.56 Å². The van der Waals surface area contributed by atoms with Gasteiger partial charge in [0.2, 0.25) is 6.79 Å². The van der Waals surface area contributed by atoms with E-state index < -0.39 is 0 Å². The highest BCUT2D eigenvalue weighted by Gasteiger charge is 2.14. The van der Waals surface area contributed by atoms with Gasteiger partial charge in [-0.1, -0.05) is 0 Å². The zero-order chi connectivity index (χ0) is 13.2. The molecule has 2 aromatic carbocycles. The first-order valence-corrected chi connectivity index (χ1v) is 5.63. The Morgan fingerprint density at radius 3 is 2.63 bits per heavy atom. The number of ether oxygens (including phenoxy) is 3. The molecular formula is C14H10N2O3. The second-order valence-electron chi connectivity index (χ2n) is 3.98. The second-order valence-corrected chi connectivity index (χ2v) is 3.98. The topological polar surface area (TPSA) is 77.5 Å². The third-order valence-corrected chi connectivity index (χ3v) is 2.72. The first kappa shape index (κ1) is 11.2. The Kier molecular flexibility index (Phi) is 2.62. The number of hydrogen-bond donors (Lipinski definition) is 1. The molecule has 0 radical (unpaired) electrons. The molecule has 0 spiro atoms. The predicted molar refractivity (Wildman–Crippen MR) is 68.2 cm³/mol. The fourth-order valence-electron chi connectivity index (χ4n) is 1.77. The van der Waals surface area contributed by atoms with Gasteiger partial charge in [0, 0.05) is 17.8 Å². The molecule has 5 nitrogen and oxygen atoms in total. The van der Waals surface area contributed by atoms with Crippen LogP contribution in [0, 0.1) is 11.3 Å². The van der Waals surface area contributed by atoms with Crippen LogP contribution in [0.4, 0.5) is 5.69 Å². The maximum absolute atomic E-state index is 8.91. The molecule has 1 aliphatic rings. The molecule has 0 saturated heterocycles. The van der Waals surface area contributed by atoms with Gasteiger partial charge in [-0.2, -0.15) is 5.26 Å². The number of benzene rings is 2. The van der Waals surface area contributed by atoms with Crippen LogP contribution in [0.5, 0.6) is 23.0 Å². The Morgan fingerprint density at radius 2 is 1.79 bits per heavy atom. The minimum atomic E-state index is 0.221. The van der Waals surface area contributed by atoms with Crippen molar-refractivity contribution in [3.8, 4) is 29.1 Å². The maximum atomic E-state index is 8.91. The Morgan fingerprint density at radius 1 is 1.05 bits per heavy atom. The number of nitriles is 1. The Hall–Kier alpha value is -2.87. The third-order valence-electron chi connectivity index (χ3n) is 2.72. The summed E-state index contributed by atoms with van der Waals surface area (Å²) in [6.07, 6.45) is 0. The monoisotopic (exact) mass is 254 g/mol. The van der Waals surface area contributed by atoms with Gasteiger partial charge in [-0.3, -0.25) is 0 Å². The van der Waals surface area contributed by atoms with Gasteiger partial charge >= 0.3 is 0 Å². The highest BCUT2D eigenvalue weighted by molar-refractivity contribution is 5.57. The van der Waals surface area contributed by atoms with Crippen molar-refractivity contribution in [3.05, 3.63) is 42.0 Å². The van der Waals surface area contributed by atoms with Crippen molar-refractivity contribution in [1.29, 1.82) is 5.26 Å². The first-order chi connectivity index (χ1) is 9.26. The van der Waals surface area contributed by atoms with E-state index in [-0.39, 0.29) is 6.79 Å². The number of anilines is 1. The zero-order valence-electron chi connectivity index (χ0n) is 9.92. The van der Waals surface area contributed by atoms with Crippen molar-refractivity contribution in [2.45, 2.75) is 0 Å². The molecule has 5 heteroatoms. The Balaban J connectivity index is 1.87. The van der Waals surface area contributed by atoms with Gasteiger partial charge < -0.3 is 19.9 Å². The van der Waals surface area contributed by atoms with E-state index in [0.717, 1.165) is 0 Å². The molecule has 0 amide bonds.